The summed E-state index contributed by atoms with van der Waals surface area (Å²) in [6.45, 7) is 0. The Balaban J connectivity index is 2.36. The van der Waals surface area contributed by atoms with Crippen molar-refractivity contribution in [2.45, 2.75) is 6.18 Å². The van der Waals surface area contributed by atoms with E-state index < -0.39 is 11.9 Å². The normalized spacial score (nSPS) is 12.2. The molecule has 2 aromatic heterocycles. The average molecular weight is 266 g/mol. The highest BCUT2D eigenvalue weighted by Crippen LogP contribution is 2.34. The summed E-state index contributed by atoms with van der Waals surface area (Å²) in [6.07, 6.45) is -3.26. The van der Waals surface area contributed by atoms with Crippen molar-refractivity contribution >= 4 is 21.8 Å². The quantitative estimate of drug-likeness (QED) is 0.728. The first kappa shape index (κ1) is 11.8. The maximum atomic E-state index is 12.7. The van der Waals surface area contributed by atoms with Crippen molar-refractivity contribution in [2.75, 3.05) is 7.11 Å². The van der Waals surface area contributed by atoms with Crippen LogP contribution < -0.4 is 4.74 Å². The van der Waals surface area contributed by atoms with Crippen molar-refractivity contribution in [1.29, 1.82) is 0 Å². The first-order valence-corrected chi connectivity index (χ1v) is 5.52. The van der Waals surface area contributed by atoms with Gasteiger partial charge in [-0.15, -0.1) is 0 Å². The first-order chi connectivity index (χ1) is 9.00. The fourth-order valence-electron chi connectivity index (χ4n) is 2.12. The molecule has 19 heavy (non-hydrogen) atoms. The van der Waals surface area contributed by atoms with E-state index in [0.717, 1.165) is 6.07 Å². The van der Waals surface area contributed by atoms with Gasteiger partial charge in [-0.05, 0) is 12.1 Å². The Kier molecular flexibility index (Phi) is 2.41. The Morgan fingerprint density at radius 1 is 1.21 bits per heavy atom. The number of hydrogen-bond acceptors (Lipinski definition) is 2. The van der Waals surface area contributed by atoms with Crippen molar-refractivity contribution in [3.05, 3.63) is 36.2 Å². The molecule has 0 spiro atoms. The number of para-hydroxylation sites is 1. The lowest BCUT2D eigenvalue weighted by Crippen LogP contribution is -2.07. The fraction of sp³-hybridized carbons (Fsp3) is 0.154. The summed E-state index contributed by atoms with van der Waals surface area (Å²) < 4.78 is 43.2. The highest BCUT2D eigenvalue weighted by Gasteiger charge is 2.32. The highest BCUT2D eigenvalue weighted by molar-refractivity contribution is 6.09. The number of aromatic nitrogens is 2. The molecule has 0 saturated heterocycles. The lowest BCUT2D eigenvalue weighted by atomic mass is 10.1. The van der Waals surface area contributed by atoms with Gasteiger partial charge in [0.15, 0.2) is 0 Å². The Bertz CT molecular complexity index is 761. The number of ether oxygens (including phenoxy) is 1. The summed E-state index contributed by atoms with van der Waals surface area (Å²) in [5, 5.41) is 1.17. The molecule has 3 aromatic rings. The molecule has 0 saturated carbocycles. The summed E-state index contributed by atoms with van der Waals surface area (Å²) in [7, 11) is 1.51. The van der Waals surface area contributed by atoms with Crippen LogP contribution in [0.5, 0.6) is 5.75 Å². The molecule has 1 aromatic carbocycles. The third kappa shape index (κ3) is 1.80. The van der Waals surface area contributed by atoms with E-state index in [0.29, 0.717) is 27.6 Å². The number of fused-ring (bicyclic) bond motifs is 3. The Morgan fingerprint density at radius 2 is 2.00 bits per heavy atom. The third-order valence-corrected chi connectivity index (χ3v) is 2.99. The van der Waals surface area contributed by atoms with Gasteiger partial charge in [-0.25, -0.2) is 4.98 Å². The molecule has 0 aliphatic heterocycles. The van der Waals surface area contributed by atoms with E-state index in [1.807, 2.05) is 0 Å². The van der Waals surface area contributed by atoms with Gasteiger partial charge in [0.2, 0.25) is 0 Å². The van der Waals surface area contributed by atoms with E-state index in [9.17, 15) is 13.2 Å². The number of alkyl halides is 3. The Morgan fingerprint density at radius 3 is 2.68 bits per heavy atom. The molecule has 3 nitrogen and oxygen atoms in total. The molecule has 6 heteroatoms. The van der Waals surface area contributed by atoms with Crippen LogP contribution in [0, 0.1) is 0 Å². The van der Waals surface area contributed by atoms with Crippen LogP contribution in [0.1, 0.15) is 5.69 Å². The standard InChI is InChI=1S/C13H9F3N2O/c1-19-10-4-2-3-7-8-5-11(13(14,15)16)17-6-9(8)18-12(7)10/h2-6,18H,1H3. The van der Waals surface area contributed by atoms with Crippen molar-refractivity contribution in [3.63, 3.8) is 0 Å². The maximum Gasteiger partial charge on any atom is 0.433 e. The summed E-state index contributed by atoms with van der Waals surface area (Å²) in [5.41, 5.74) is 0.317. The second-order valence-electron chi connectivity index (χ2n) is 4.12. The van der Waals surface area contributed by atoms with Gasteiger partial charge >= 0.3 is 6.18 Å². The predicted molar refractivity (Wildman–Crippen MR) is 65.2 cm³/mol. The molecule has 0 aliphatic carbocycles. The predicted octanol–water partition coefficient (Wildman–Crippen LogP) is 3.74. The van der Waals surface area contributed by atoms with Crippen LogP contribution in [0.15, 0.2) is 30.5 Å². The van der Waals surface area contributed by atoms with Crippen LogP contribution in [-0.2, 0) is 6.18 Å². The van der Waals surface area contributed by atoms with E-state index in [4.69, 9.17) is 4.74 Å². The lowest BCUT2D eigenvalue weighted by molar-refractivity contribution is -0.141. The summed E-state index contributed by atoms with van der Waals surface area (Å²) in [4.78, 5) is 6.45. The molecule has 2 heterocycles. The molecule has 98 valence electrons. The zero-order valence-corrected chi connectivity index (χ0v) is 9.88. The van der Waals surface area contributed by atoms with Crippen molar-refractivity contribution in [2.24, 2.45) is 0 Å². The fourth-order valence-corrected chi connectivity index (χ4v) is 2.12. The van der Waals surface area contributed by atoms with Gasteiger partial charge in [0.25, 0.3) is 0 Å². The first-order valence-electron chi connectivity index (χ1n) is 5.52. The molecule has 0 radical (unpaired) electrons. The summed E-state index contributed by atoms with van der Waals surface area (Å²) in [6, 6.07) is 6.28. The molecule has 0 aliphatic rings. The largest absolute Gasteiger partial charge is 0.495 e. The zero-order chi connectivity index (χ0) is 13.6. The van der Waals surface area contributed by atoms with Crippen LogP contribution in [0.3, 0.4) is 0 Å². The van der Waals surface area contributed by atoms with E-state index in [1.54, 1.807) is 18.2 Å². The number of rotatable bonds is 1. The molecular formula is C13H9F3N2O. The second kappa shape index (κ2) is 3.88. The van der Waals surface area contributed by atoms with E-state index >= 15 is 0 Å². The molecule has 0 atom stereocenters. The van der Waals surface area contributed by atoms with Crippen LogP contribution in [0.4, 0.5) is 13.2 Å². The molecular weight excluding hydrogens is 257 g/mol. The van der Waals surface area contributed by atoms with E-state index in [-0.39, 0.29) is 0 Å². The van der Waals surface area contributed by atoms with Crippen molar-refractivity contribution < 1.29 is 17.9 Å². The van der Waals surface area contributed by atoms with E-state index in [2.05, 4.69) is 9.97 Å². The summed E-state index contributed by atoms with van der Waals surface area (Å²) in [5.74, 6) is 0.585. The number of nitrogens with one attached hydrogen (secondary N) is 1. The monoisotopic (exact) mass is 266 g/mol. The van der Waals surface area contributed by atoms with Gasteiger partial charge in [0, 0.05) is 10.8 Å². The molecule has 0 amide bonds. The SMILES string of the molecule is COc1cccc2c1[nH]c1cnc(C(F)(F)F)cc12. The number of H-pyrrole nitrogens is 1. The maximum absolute atomic E-state index is 12.7. The van der Waals surface area contributed by atoms with Crippen LogP contribution >= 0.6 is 0 Å². The van der Waals surface area contributed by atoms with Gasteiger partial charge < -0.3 is 9.72 Å². The second-order valence-corrected chi connectivity index (χ2v) is 4.12. The molecule has 1 N–H and O–H groups in total. The zero-order valence-electron chi connectivity index (χ0n) is 9.88. The van der Waals surface area contributed by atoms with Gasteiger partial charge in [0.05, 0.1) is 24.3 Å². The number of hydrogen-bond donors (Lipinski definition) is 1. The molecule has 0 fully saturated rings. The van der Waals surface area contributed by atoms with Gasteiger partial charge in [-0.3, -0.25) is 0 Å². The van der Waals surface area contributed by atoms with Gasteiger partial charge in [-0.2, -0.15) is 13.2 Å². The molecule has 0 unspecified atom stereocenters. The van der Waals surface area contributed by atoms with Crippen molar-refractivity contribution in [1.82, 2.24) is 9.97 Å². The van der Waals surface area contributed by atoms with Crippen LogP contribution in [-0.4, -0.2) is 17.1 Å². The van der Waals surface area contributed by atoms with Gasteiger partial charge in [0.1, 0.15) is 11.4 Å². The molecule has 3 rings (SSSR count). The molecule has 0 bridgehead atoms. The number of nitrogens with zero attached hydrogens (tertiary/aromatic N) is 1. The number of methoxy groups -OCH3 is 1. The minimum atomic E-state index is -4.45. The topological polar surface area (TPSA) is 37.9 Å². The van der Waals surface area contributed by atoms with Crippen LogP contribution in [0.25, 0.3) is 21.8 Å². The minimum absolute atomic E-state index is 0.483. The smallest absolute Gasteiger partial charge is 0.433 e. The summed E-state index contributed by atoms with van der Waals surface area (Å²) >= 11 is 0. The Hall–Kier alpha value is -2.24. The van der Waals surface area contributed by atoms with Crippen LogP contribution in [0.2, 0.25) is 0 Å². The average Bonchev–Trinajstić information content (AvgIpc) is 2.75. The number of halogens is 3. The van der Waals surface area contributed by atoms with Crippen molar-refractivity contribution in [3.8, 4) is 5.75 Å². The number of pyridine rings is 1. The lowest BCUT2D eigenvalue weighted by Gasteiger charge is -2.04. The number of aromatic amines is 1. The highest BCUT2D eigenvalue weighted by atomic mass is 19.4. The van der Waals surface area contributed by atoms with E-state index in [1.165, 1.54) is 13.3 Å². The third-order valence-electron chi connectivity index (χ3n) is 2.99. The van der Waals surface area contributed by atoms with Gasteiger partial charge in [-0.1, -0.05) is 12.1 Å². The minimum Gasteiger partial charge on any atom is -0.495 e. The Labute approximate surface area is 106 Å². The number of benzene rings is 1.